The number of pyridine rings is 1. The van der Waals surface area contributed by atoms with E-state index in [4.69, 9.17) is 0 Å². The van der Waals surface area contributed by atoms with Gasteiger partial charge in [0.15, 0.2) is 0 Å². The number of hydrogen-bond acceptors (Lipinski definition) is 3. The van der Waals surface area contributed by atoms with Gasteiger partial charge in [-0.1, -0.05) is 18.2 Å². The van der Waals surface area contributed by atoms with Gasteiger partial charge in [0.05, 0.1) is 11.0 Å². The number of nitrogens with zero attached hydrogens (tertiary/aromatic N) is 2. The summed E-state index contributed by atoms with van der Waals surface area (Å²) in [5.41, 5.74) is 2.92. The van der Waals surface area contributed by atoms with Crippen LogP contribution in [-0.2, 0) is 6.42 Å². The van der Waals surface area contributed by atoms with Crippen LogP contribution in [0.15, 0.2) is 53.6 Å². The average molecular weight is 237 g/mol. The number of para-hydroxylation sites is 2. The summed E-state index contributed by atoms with van der Waals surface area (Å²) in [7, 11) is 0. The number of rotatable bonds is 2. The maximum atomic E-state index is 11.9. The first kappa shape index (κ1) is 10.7. The van der Waals surface area contributed by atoms with Gasteiger partial charge in [-0.2, -0.15) is 0 Å². The zero-order chi connectivity index (χ0) is 12.4. The smallest absolute Gasteiger partial charge is 0.270 e. The standard InChI is InChI=1S/C14H11N3O/c18-14-13(8-10-4-3-7-15-9-10)16-11-5-1-2-6-12(11)17-14/h1-7,9H,8H2,(H,17,18). The normalized spacial score (nSPS) is 10.7. The van der Waals surface area contributed by atoms with Crippen LogP contribution in [-0.4, -0.2) is 15.0 Å². The SMILES string of the molecule is O=c1[nH]c2ccccc2nc1Cc1cccnc1. The van der Waals surface area contributed by atoms with Crippen molar-refractivity contribution < 1.29 is 0 Å². The Kier molecular flexibility index (Phi) is 2.61. The first-order valence-electron chi connectivity index (χ1n) is 5.70. The number of nitrogens with one attached hydrogen (secondary N) is 1. The molecule has 2 heterocycles. The lowest BCUT2D eigenvalue weighted by Crippen LogP contribution is -2.15. The molecule has 3 aromatic rings. The van der Waals surface area contributed by atoms with E-state index in [1.807, 2.05) is 36.4 Å². The number of benzene rings is 1. The summed E-state index contributed by atoms with van der Waals surface area (Å²) < 4.78 is 0. The summed E-state index contributed by atoms with van der Waals surface area (Å²) >= 11 is 0. The molecule has 4 nitrogen and oxygen atoms in total. The van der Waals surface area contributed by atoms with Gasteiger partial charge in [-0.25, -0.2) is 4.98 Å². The third-order valence-electron chi connectivity index (χ3n) is 2.76. The minimum absolute atomic E-state index is 0.141. The van der Waals surface area contributed by atoms with Crippen molar-refractivity contribution >= 4 is 11.0 Å². The highest BCUT2D eigenvalue weighted by Gasteiger charge is 2.05. The molecule has 3 rings (SSSR count). The van der Waals surface area contributed by atoms with Crippen LogP contribution in [0.1, 0.15) is 11.3 Å². The van der Waals surface area contributed by atoms with Crippen molar-refractivity contribution in [3.05, 3.63) is 70.4 Å². The van der Waals surface area contributed by atoms with E-state index in [2.05, 4.69) is 15.0 Å². The molecule has 0 atom stereocenters. The molecule has 0 aliphatic heterocycles. The van der Waals surface area contributed by atoms with Gasteiger partial charge >= 0.3 is 0 Å². The molecule has 0 spiro atoms. The summed E-state index contributed by atoms with van der Waals surface area (Å²) in [6, 6.07) is 11.3. The Hall–Kier alpha value is -2.49. The third kappa shape index (κ3) is 2.00. The molecule has 0 bridgehead atoms. The molecule has 1 N–H and O–H groups in total. The van der Waals surface area contributed by atoms with E-state index >= 15 is 0 Å². The maximum Gasteiger partial charge on any atom is 0.270 e. The van der Waals surface area contributed by atoms with Crippen molar-refractivity contribution in [1.82, 2.24) is 15.0 Å². The predicted octanol–water partition coefficient (Wildman–Crippen LogP) is 1.91. The molecule has 0 saturated carbocycles. The van der Waals surface area contributed by atoms with Gasteiger partial charge in [0.2, 0.25) is 0 Å². The first-order valence-corrected chi connectivity index (χ1v) is 5.70. The molecule has 4 heteroatoms. The van der Waals surface area contributed by atoms with E-state index in [1.54, 1.807) is 12.4 Å². The molecule has 0 saturated heterocycles. The largest absolute Gasteiger partial charge is 0.319 e. The Morgan fingerprint density at radius 2 is 2.00 bits per heavy atom. The van der Waals surface area contributed by atoms with Crippen molar-refractivity contribution in [3.63, 3.8) is 0 Å². The molecule has 88 valence electrons. The second-order valence-corrected chi connectivity index (χ2v) is 4.07. The lowest BCUT2D eigenvalue weighted by molar-refractivity contribution is 1.02. The quantitative estimate of drug-likeness (QED) is 0.740. The summed E-state index contributed by atoms with van der Waals surface area (Å²) in [6.45, 7) is 0. The van der Waals surface area contributed by atoms with Crippen molar-refractivity contribution in [2.24, 2.45) is 0 Å². The Balaban J connectivity index is 2.07. The van der Waals surface area contributed by atoms with Crippen molar-refractivity contribution in [2.75, 3.05) is 0 Å². The Morgan fingerprint density at radius 3 is 2.83 bits per heavy atom. The summed E-state index contributed by atoms with van der Waals surface area (Å²) in [5, 5.41) is 0. The third-order valence-corrected chi connectivity index (χ3v) is 2.76. The van der Waals surface area contributed by atoms with Crippen molar-refractivity contribution in [2.45, 2.75) is 6.42 Å². The highest BCUT2D eigenvalue weighted by Crippen LogP contribution is 2.08. The lowest BCUT2D eigenvalue weighted by atomic mass is 10.1. The minimum Gasteiger partial charge on any atom is -0.319 e. The van der Waals surface area contributed by atoms with Crippen LogP contribution in [0.4, 0.5) is 0 Å². The topological polar surface area (TPSA) is 58.6 Å². The van der Waals surface area contributed by atoms with Gasteiger partial charge in [0.1, 0.15) is 5.69 Å². The van der Waals surface area contributed by atoms with E-state index < -0.39 is 0 Å². The van der Waals surface area contributed by atoms with Crippen LogP contribution in [0, 0.1) is 0 Å². The molecule has 0 fully saturated rings. The number of hydrogen-bond donors (Lipinski definition) is 1. The predicted molar refractivity (Wildman–Crippen MR) is 69.4 cm³/mol. The van der Waals surface area contributed by atoms with Crippen molar-refractivity contribution in [1.29, 1.82) is 0 Å². The van der Waals surface area contributed by atoms with E-state index in [0.717, 1.165) is 16.6 Å². The fraction of sp³-hybridized carbons (Fsp3) is 0.0714. The molecule has 0 aliphatic carbocycles. The Labute approximate surface area is 103 Å². The number of aromatic nitrogens is 3. The van der Waals surface area contributed by atoms with Crippen LogP contribution in [0.5, 0.6) is 0 Å². The average Bonchev–Trinajstić information content (AvgIpc) is 2.41. The van der Waals surface area contributed by atoms with Gasteiger partial charge in [-0.05, 0) is 23.8 Å². The van der Waals surface area contributed by atoms with Crippen LogP contribution in [0.2, 0.25) is 0 Å². The van der Waals surface area contributed by atoms with Gasteiger partial charge in [0.25, 0.3) is 5.56 Å². The first-order chi connectivity index (χ1) is 8.83. The van der Waals surface area contributed by atoms with Gasteiger partial charge in [-0.15, -0.1) is 0 Å². The molecule has 2 aromatic heterocycles. The van der Waals surface area contributed by atoms with Crippen LogP contribution in [0.3, 0.4) is 0 Å². The van der Waals surface area contributed by atoms with Gasteiger partial charge in [0, 0.05) is 18.8 Å². The zero-order valence-corrected chi connectivity index (χ0v) is 9.63. The Morgan fingerprint density at radius 1 is 1.11 bits per heavy atom. The molecule has 0 aliphatic rings. The molecule has 0 unspecified atom stereocenters. The molecule has 0 radical (unpaired) electrons. The molecule has 1 aromatic carbocycles. The highest BCUT2D eigenvalue weighted by molar-refractivity contribution is 5.73. The lowest BCUT2D eigenvalue weighted by Gasteiger charge is -2.02. The fourth-order valence-electron chi connectivity index (χ4n) is 1.88. The summed E-state index contributed by atoms with van der Waals surface area (Å²) in [4.78, 5) is 23.2. The van der Waals surface area contributed by atoms with E-state index in [0.29, 0.717) is 12.1 Å². The second kappa shape index (κ2) is 4.41. The van der Waals surface area contributed by atoms with Gasteiger partial charge < -0.3 is 4.98 Å². The van der Waals surface area contributed by atoms with Crippen molar-refractivity contribution in [3.8, 4) is 0 Å². The molecule has 0 amide bonds. The van der Waals surface area contributed by atoms with Crippen LogP contribution < -0.4 is 5.56 Å². The second-order valence-electron chi connectivity index (χ2n) is 4.07. The number of fused-ring (bicyclic) bond motifs is 1. The minimum atomic E-state index is -0.141. The highest BCUT2D eigenvalue weighted by atomic mass is 16.1. The summed E-state index contributed by atoms with van der Waals surface area (Å²) in [5.74, 6) is 0. The Bertz CT molecular complexity index is 735. The number of aromatic amines is 1. The molecular formula is C14H11N3O. The summed E-state index contributed by atoms with van der Waals surface area (Å²) in [6.07, 6.45) is 3.95. The van der Waals surface area contributed by atoms with E-state index in [-0.39, 0.29) is 5.56 Å². The van der Waals surface area contributed by atoms with Crippen LogP contribution >= 0.6 is 0 Å². The van der Waals surface area contributed by atoms with E-state index in [9.17, 15) is 4.79 Å². The van der Waals surface area contributed by atoms with E-state index in [1.165, 1.54) is 0 Å². The van der Waals surface area contributed by atoms with Crippen LogP contribution in [0.25, 0.3) is 11.0 Å². The van der Waals surface area contributed by atoms with Gasteiger partial charge in [-0.3, -0.25) is 9.78 Å². The number of H-pyrrole nitrogens is 1. The molecule has 18 heavy (non-hydrogen) atoms. The molecular weight excluding hydrogens is 226 g/mol. The fourth-order valence-corrected chi connectivity index (χ4v) is 1.88. The zero-order valence-electron chi connectivity index (χ0n) is 9.63. The maximum absolute atomic E-state index is 11.9. The monoisotopic (exact) mass is 237 g/mol.